The van der Waals surface area contributed by atoms with E-state index in [9.17, 15) is 9.59 Å². The van der Waals surface area contributed by atoms with Crippen LogP contribution in [0.15, 0.2) is 18.2 Å². The summed E-state index contributed by atoms with van der Waals surface area (Å²) in [5.41, 5.74) is 2.38. The molecule has 118 valence electrons. The first-order valence-electron chi connectivity index (χ1n) is 8.07. The Bertz CT molecular complexity index is 588. The molecule has 4 heteroatoms. The van der Waals surface area contributed by atoms with Crippen molar-refractivity contribution in [3.05, 3.63) is 34.9 Å². The molecule has 1 aromatic rings. The lowest BCUT2D eigenvalue weighted by Gasteiger charge is -2.28. The van der Waals surface area contributed by atoms with Crippen molar-refractivity contribution in [2.75, 3.05) is 20.3 Å². The maximum absolute atomic E-state index is 12.6. The molecule has 1 fully saturated rings. The van der Waals surface area contributed by atoms with Gasteiger partial charge in [0, 0.05) is 36.6 Å². The van der Waals surface area contributed by atoms with E-state index in [1.54, 1.807) is 13.2 Å². The number of ketones is 1. The summed E-state index contributed by atoms with van der Waals surface area (Å²) in [7, 11) is 1.72. The molecule has 2 aliphatic carbocycles. The fraction of sp³-hybridized carbons (Fsp3) is 0.556. The van der Waals surface area contributed by atoms with Gasteiger partial charge in [0.05, 0.1) is 6.61 Å². The Hall–Kier alpha value is -1.68. The summed E-state index contributed by atoms with van der Waals surface area (Å²) in [5.74, 6) is 0.0882. The van der Waals surface area contributed by atoms with E-state index in [0.29, 0.717) is 31.6 Å². The number of carbonyl (C=O) groups is 2. The zero-order chi connectivity index (χ0) is 15.6. The van der Waals surface area contributed by atoms with Gasteiger partial charge in [0.2, 0.25) is 0 Å². The van der Waals surface area contributed by atoms with E-state index in [-0.39, 0.29) is 17.1 Å². The number of hydrogen-bond acceptors (Lipinski definition) is 3. The van der Waals surface area contributed by atoms with E-state index in [2.05, 4.69) is 5.32 Å². The van der Waals surface area contributed by atoms with Gasteiger partial charge >= 0.3 is 0 Å². The Morgan fingerprint density at radius 2 is 2.05 bits per heavy atom. The second-order valence-corrected chi connectivity index (χ2v) is 6.58. The molecular formula is C18H23NO3. The van der Waals surface area contributed by atoms with Gasteiger partial charge in [0.25, 0.3) is 5.91 Å². The molecule has 1 saturated carbocycles. The number of amides is 1. The maximum Gasteiger partial charge on any atom is 0.251 e. The van der Waals surface area contributed by atoms with Crippen molar-refractivity contribution in [1.29, 1.82) is 0 Å². The minimum absolute atomic E-state index is 0.0612. The predicted molar refractivity (Wildman–Crippen MR) is 84.2 cm³/mol. The Morgan fingerprint density at radius 3 is 2.77 bits per heavy atom. The highest BCUT2D eigenvalue weighted by molar-refractivity contribution is 6.05. The third-order valence-corrected chi connectivity index (χ3v) is 5.06. The SMILES string of the molecule is COCC1(CNC(=O)c2cccc3c2CCC3=O)CCCC1. The number of nitrogens with one attached hydrogen (secondary N) is 1. The van der Waals surface area contributed by atoms with Gasteiger partial charge in [-0.1, -0.05) is 25.0 Å². The van der Waals surface area contributed by atoms with E-state index in [4.69, 9.17) is 4.74 Å². The zero-order valence-electron chi connectivity index (χ0n) is 13.1. The average Bonchev–Trinajstić information content (AvgIpc) is 3.13. The smallest absolute Gasteiger partial charge is 0.251 e. The van der Waals surface area contributed by atoms with Crippen LogP contribution in [0.2, 0.25) is 0 Å². The van der Waals surface area contributed by atoms with Crippen molar-refractivity contribution < 1.29 is 14.3 Å². The van der Waals surface area contributed by atoms with E-state index in [1.807, 2.05) is 12.1 Å². The molecule has 0 saturated heterocycles. The molecule has 1 N–H and O–H groups in total. The molecule has 0 radical (unpaired) electrons. The van der Waals surface area contributed by atoms with Crippen LogP contribution in [0.3, 0.4) is 0 Å². The first-order chi connectivity index (χ1) is 10.7. The highest BCUT2D eigenvalue weighted by atomic mass is 16.5. The van der Waals surface area contributed by atoms with E-state index in [1.165, 1.54) is 12.8 Å². The molecule has 0 unspecified atom stereocenters. The summed E-state index contributed by atoms with van der Waals surface area (Å²) in [5, 5.41) is 3.08. The quantitative estimate of drug-likeness (QED) is 0.910. The number of benzene rings is 1. The molecule has 1 amide bonds. The molecule has 0 atom stereocenters. The Morgan fingerprint density at radius 1 is 1.27 bits per heavy atom. The number of rotatable bonds is 5. The first-order valence-corrected chi connectivity index (χ1v) is 8.07. The molecule has 1 aromatic carbocycles. The average molecular weight is 301 g/mol. The molecule has 0 bridgehead atoms. The second-order valence-electron chi connectivity index (χ2n) is 6.58. The minimum Gasteiger partial charge on any atom is -0.384 e. The molecule has 0 spiro atoms. The molecule has 3 rings (SSSR count). The number of methoxy groups -OCH3 is 1. The van der Waals surface area contributed by atoms with Crippen molar-refractivity contribution in [3.63, 3.8) is 0 Å². The number of carbonyl (C=O) groups excluding carboxylic acids is 2. The van der Waals surface area contributed by atoms with Crippen LogP contribution in [0.4, 0.5) is 0 Å². The monoisotopic (exact) mass is 301 g/mol. The molecule has 22 heavy (non-hydrogen) atoms. The summed E-state index contributed by atoms with van der Waals surface area (Å²) in [4.78, 5) is 24.3. The van der Waals surface area contributed by atoms with Crippen molar-refractivity contribution in [1.82, 2.24) is 5.32 Å². The normalized spacial score (nSPS) is 19.2. The van der Waals surface area contributed by atoms with Crippen LogP contribution >= 0.6 is 0 Å². The Labute approximate surface area is 131 Å². The molecular weight excluding hydrogens is 278 g/mol. The van der Waals surface area contributed by atoms with Crippen molar-refractivity contribution in [2.45, 2.75) is 38.5 Å². The van der Waals surface area contributed by atoms with Crippen LogP contribution in [0.5, 0.6) is 0 Å². The summed E-state index contributed by atoms with van der Waals surface area (Å²) in [6.07, 6.45) is 5.82. The molecule has 4 nitrogen and oxygen atoms in total. The first kappa shape index (κ1) is 15.2. The predicted octanol–water partition coefficient (Wildman–Crippen LogP) is 2.75. The van der Waals surface area contributed by atoms with E-state index >= 15 is 0 Å². The standard InChI is InChI=1S/C18H23NO3/c1-22-12-18(9-2-3-10-18)11-19-17(21)15-6-4-5-14-13(15)7-8-16(14)20/h4-6H,2-3,7-12H2,1H3,(H,19,21). The topological polar surface area (TPSA) is 55.4 Å². The minimum atomic E-state index is -0.0612. The maximum atomic E-state index is 12.6. The third-order valence-electron chi connectivity index (χ3n) is 5.06. The lowest BCUT2D eigenvalue weighted by molar-refractivity contribution is 0.0740. The van der Waals surface area contributed by atoms with Gasteiger partial charge in [-0.3, -0.25) is 9.59 Å². The van der Waals surface area contributed by atoms with Crippen molar-refractivity contribution in [2.24, 2.45) is 5.41 Å². The second kappa shape index (κ2) is 6.21. The number of fused-ring (bicyclic) bond motifs is 1. The molecule has 0 heterocycles. The lowest BCUT2D eigenvalue weighted by atomic mass is 9.87. The van der Waals surface area contributed by atoms with Crippen LogP contribution in [0.25, 0.3) is 0 Å². The van der Waals surface area contributed by atoms with Crippen molar-refractivity contribution in [3.8, 4) is 0 Å². The van der Waals surface area contributed by atoms with Crippen LogP contribution in [0.1, 0.15) is 58.4 Å². The lowest BCUT2D eigenvalue weighted by Crippen LogP contribution is -2.39. The number of ether oxygens (including phenoxy) is 1. The summed E-state index contributed by atoms with van der Waals surface area (Å²) in [6, 6.07) is 5.45. The van der Waals surface area contributed by atoms with Gasteiger partial charge in [-0.2, -0.15) is 0 Å². The number of hydrogen-bond donors (Lipinski definition) is 1. The van der Waals surface area contributed by atoms with Gasteiger partial charge in [0.1, 0.15) is 0 Å². The van der Waals surface area contributed by atoms with Crippen molar-refractivity contribution >= 4 is 11.7 Å². The highest BCUT2D eigenvalue weighted by Gasteiger charge is 2.34. The largest absolute Gasteiger partial charge is 0.384 e. The highest BCUT2D eigenvalue weighted by Crippen LogP contribution is 2.37. The van der Waals surface area contributed by atoms with Gasteiger partial charge in [-0.05, 0) is 30.9 Å². The van der Waals surface area contributed by atoms with Gasteiger partial charge < -0.3 is 10.1 Å². The summed E-state index contributed by atoms with van der Waals surface area (Å²) >= 11 is 0. The van der Waals surface area contributed by atoms with E-state index < -0.39 is 0 Å². The fourth-order valence-electron chi connectivity index (χ4n) is 3.87. The number of Topliss-reactive ketones (excluding diaryl/α,β-unsaturated/α-hetero) is 1. The third kappa shape index (κ3) is 2.80. The van der Waals surface area contributed by atoms with Crippen LogP contribution < -0.4 is 5.32 Å². The van der Waals surface area contributed by atoms with Gasteiger partial charge in [-0.25, -0.2) is 0 Å². The molecule has 2 aliphatic rings. The molecule has 0 aromatic heterocycles. The van der Waals surface area contributed by atoms with Crippen LogP contribution in [0, 0.1) is 5.41 Å². The van der Waals surface area contributed by atoms with Crippen LogP contribution in [-0.4, -0.2) is 32.0 Å². The zero-order valence-corrected chi connectivity index (χ0v) is 13.1. The van der Waals surface area contributed by atoms with Gasteiger partial charge in [-0.15, -0.1) is 0 Å². The summed E-state index contributed by atoms with van der Waals surface area (Å²) in [6.45, 7) is 1.34. The van der Waals surface area contributed by atoms with Gasteiger partial charge in [0.15, 0.2) is 5.78 Å². The Kier molecular flexibility index (Phi) is 4.30. The summed E-state index contributed by atoms with van der Waals surface area (Å²) < 4.78 is 5.36. The van der Waals surface area contributed by atoms with E-state index in [0.717, 1.165) is 24.0 Å². The molecule has 0 aliphatic heterocycles. The Balaban J connectivity index is 1.72. The van der Waals surface area contributed by atoms with Crippen LogP contribution in [-0.2, 0) is 11.2 Å². The fourth-order valence-corrected chi connectivity index (χ4v) is 3.87.